The molecule has 0 radical (unpaired) electrons. The number of nitrogens with zero attached hydrogens (tertiary/aromatic N) is 3. The highest BCUT2D eigenvalue weighted by Gasteiger charge is 2.27. The smallest absolute Gasteiger partial charge is 0.317 e. The first-order chi connectivity index (χ1) is 11.7. The predicted octanol–water partition coefficient (Wildman–Crippen LogP) is 2.68. The number of morpholine rings is 1. The number of ether oxygens (including phenoxy) is 1. The van der Waals surface area contributed by atoms with Crippen LogP contribution in [-0.4, -0.2) is 46.4 Å². The number of carbonyl (C=O) groups excluding carboxylic acids is 1. The minimum Gasteiger partial charge on any atom is -0.370 e. The van der Waals surface area contributed by atoms with E-state index in [1.54, 1.807) is 11.3 Å². The molecule has 3 rings (SSSR count). The Morgan fingerprint density at radius 1 is 1.58 bits per heavy atom. The molecule has 1 aliphatic heterocycles. The summed E-state index contributed by atoms with van der Waals surface area (Å²) >= 11 is 1.72. The van der Waals surface area contributed by atoms with E-state index in [0.717, 1.165) is 18.5 Å². The maximum Gasteiger partial charge on any atom is 0.317 e. The average molecular weight is 348 g/mol. The van der Waals surface area contributed by atoms with Crippen LogP contribution in [0, 0.1) is 0 Å². The molecule has 24 heavy (non-hydrogen) atoms. The highest BCUT2D eigenvalue weighted by molar-refractivity contribution is 7.09. The lowest BCUT2D eigenvalue weighted by Crippen LogP contribution is -2.49. The molecular formula is C17H24N4O2S. The molecule has 1 saturated heterocycles. The van der Waals surface area contributed by atoms with Crippen molar-refractivity contribution < 1.29 is 9.53 Å². The van der Waals surface area contributed by atoms with Crippen LogP contribution in [0.3, 0.4) is 0 Å². The highest BCUT2D eigenvalue weighted by atomic mass is 32.1. The number of amides is 2. The number of hydrogen-bond acceptors (Lipinski definition) is 4. The van der Waals surface area contributed by atoms with Crippen LogP contribution in [-0.2, 0) is 17.7 Å². The molecule has 1 fully saturated rings. The van der Waals surface area contributed by atoms with Crippen molar-refractivity contribution in [2.75, 3.05) is 19.7 Å². The Morgan fingerprint density at radius 3 is 3.17 bits per heavy atom. The minimum absolute atomic E-state index is 0.0183. The van der Waals surface area contributed by atoms with E-state index in [1.165, 1.54) is 4.88 Å². The molecule has 2 atom stereocenters. The molecule has 1 aliphatic rings. The van der Waals surface area contributed by atoms with Crippen molar-refractivity contribution in [2.45, 2.75) is 39.0 Å². The third-order valence-corrected chi connectivity index (χ3v) is 5.06. The van der Waals surface area contributed by atoms with Crippen molar-refractivity contribution in [3.8, 4) is 0 Å². The number of hydrogen-bond donors (Lipinski definition) is 1. The average Bonchev–Trinajstić information content (AvgIpc) is 3.26. The second kappa shape index (κ2) is 7.81. The van der Waals surface area contributed by atoms with Gasteiger partial charge in [-0.1, -0.05) is 6.07 Å². The molecular weight excluding hydrogens is 324 g/mol. The number of rotatable bonds is 5. The van der Waals surface area contributed by atoms with Gasteiger partial charge in [-0.2, -0.15) is 5.10 Å². The van der Waals surface area contributed by atoms with Gasteiger partial charge in [0.05, 0.1) is 19.3 Å². The topological polar surface area (TPSA) is 59.4 Å². The molecule has 0 unspecified atom stereocenters. The molecule has 6 nitrogen and oxygen atoms in total. The zero-order valence-corrected chi connectivity index (χ0v) is 15.0. The van der Waals surface area contributed by atoms with Gasteiger partial charge >= 0.3 is 6.03 Å². The summed E-state index contributed by atoms with van der Waals surface area (Å²) in [4.78, 5) is 15.6. The molecule has 0 aromatic carbocycles. The fraction of sp³-hybridized carbons (Fsp3) is 0.529. The third kappa shape index (κ3) is 4.15. The van der Waals surface area contributed by atoms with Gasteiger partial charge in [0.2, 0.25) is 0 Å². The Hall–Kier alpha value is -1.86. The summed E-state index contributed by atoms with van der Waals surface area (Å²) in [6.45, 7) is 6.66. The van der Waals surface area contributed by atoms with Crippen molar-refractivity contribution in [1.29, 1.82) is 0 Å². The Morgan fingerprint density at radius 2 is 2.46 bits per heavy atom. The maximum atomic E-state index is 12.5. The summed E-state index contributed by atoms with van der Waals surface area (Å²) in [5.74, 6) is 0. The Labute approximate surface area is 146 Å². The molecule has 130 valence electrons. The van der Waals surface area contributed by atoms with E-state index in [2.05, 4.69) is 21.9 Å². The minimum atomic E-state index is -0.0996. The van der Waals surface area contributed by atoms with E-state index in [0.29, 0.717) is 19.7 Å². The third-order valence-electron chi connectivity index (χ3n) is 4.16. The van der Waals surface area contributed by atoms with Crippen LogP contribution in [0.4, 0.5) is 4.79 Å². The first kappa shape index (κ1) is 17.0. The van der Waals surface area contributed by atoms with E-state index in [9.17, 15) is 4.79 Å². The molecule has 7 heteroatoms. The molecule has 2 aromatic heterocycles. The molecule has 2 amide bonds. The van der Waals surface area contributed by atoms with Gasteiger partial charge in [-0.15, -0.1) is 11.3 Å². The van der Waals surface area contributed by atoms with Gasteiger partial charge in [-0.05, 0) is 25.3 Å². The van der Waals surface area contributed by atoms with E-state index < -0.39 is 0 Å². The van der Waals surface area contributed by atoms with E-state index >= 15 is 0 Å². The summed E-state index contributed by atoms with van der Waals surface area (Å²) in [7, 11) is 0. The van der Waals surface area contributed by atoms with Crippen molar-refractivity contribution in [2.24, 2.45) is 0 Å². The normalized spacial score (nSPS) is 19.2. The van der Waals surface area contributed by atoms with Crippen molar-refractivity contribution in [3.63, 3.8) is 0 Å². The van der Waals surface area contributed by atoms with Crippen LogP contribution in [0.1, 0.15) is 30.4 Å². The summed E-state index contributed by atoms with van der Waals surface area (Å²) in [5, 5.41) is 9.44. The zero-order chi connectivity index (χ0) is 16.9. The van der Waals surface area contributed by atoms with Crippen LogP contribution in [0.5, 0.6) is 0 Å². The van der Waals surface area contributed by atoms with Gasteiger partial charge in [0.1, 0.15) is 6.10 Å². The van der Waals surface area contributed by atoms with Crippen LogP contribution >= 0.6 is 11.3 Å². The lowest BCUT2D eigenvalue weighted by Gasteiger charge is -2.33. The van der Waals surface area contributed by atoms with Crippen LogP contribution in [0.15, 0.2) is 29.9 Å². The van der Waals surface area contributed by atoms with Crippen LogP contribution < -0.4 is 5.32 Å². The fourth-order valence-electron chi connectivity index (χ4n) is 2.84. The zero-order valence-electron chi connectivity index (χ0n) is 14.1. The largest absolute Gasteiger partial charge is 0.370 e. The van der Waals surface area contributed by atoms with Gasteiger partial charge < -0.3 is 15.0 Å². The highest BCUT2D eigenvalue weighted by Crippen LogP contribution is 2.22. The number of aryl methyl sites for hydroxylation is 1. The van der Waals surface area contributed by atoms with Crippen LogP contribution in [0.25, 0.3) is 0 Å². The molecule has 0 aliphatic carbocycles. The number of aromatic nitrogens is 2. The number of nitrogens with one attached hydrogen (secondary N) is 1. The van der Waals surface area contributed by atoms with Gasteiger partial charge in [-0.3, -0.25) is 4.68 Å². The summed E-state index contributed by atoms with van der Waals surface area (Å²) in [6, 6.07) is 4.23. The van der Waals surface area contributed by atoms with Gasteiger partial charge in [0.25, 0.3) is 0 Å². The Bertz CT molecular complexity index is 655. The van der Waals surface area contributed by atoms with E-state index in [-0.39, 0.29) is 18.2 Å². The van der Waals surface area contributed by atoms with Gasteiger partial charge in [0, 0.05) is 42.2 Å². The first-order valence-corrected chi connectivity index (χ1v) is 9.25. The summed E-state index contributed by atoms with van der Waals surface area (Å²) < 4.78 is 7.69. The first-order valence-electron chi connectivity index (χ1n) is 8.37. The lowest BCUT2D eigenvalue weighted by atomic mass is 10.1. The molecule has 0 saturated carbocycles. The van der Waals surface area contributed by atoms with Crippen molar-refractivity contribution >= 4 is 17.4 Å². The quantitative estimate of drug-likeness (QED) is 0.904. The Kier molecular flexibility index (Phi) is 5.52. The number of thiophene rings is 1. The molecule has 2 aromatic rings. The van der Waals surface area contributed by atoms with Gasteiger partial charge in [0.15, 0.2) is 0 Å². The molecule has 0 bridgehead atoms. The summed E-state index contributed by atoms with van der Waals surface area (Å²) in [5.41, 5.74) is 1.03. The van der Waals surface area contributed by atoms with Gasteiger partial charge in [-0.25, -0.2) is 4.79 Å². The monoisotopic (exact) mass is 348 g/mol. The standard InChI is InChI=1S/C17H24N4O2S/c1-3-21-11-14(10-18-21)16-12-20(6-7-23-16)17(22)19-13(2)9-15-5-4-8-24-15/h4-5,8,10-11,13,16H,3,6-7,9,12H2,1-2H3,(H,19,22)/t13-,16-/m0/s1. The van der Waals surface area contributed by atoms with Crippen molar-refractivity contribution in [3.05, 3.63) is 40.3 Å². The number of carbonyl (C=O) groups is 1. The van der Waals surface area contributed by atoms with Crippen LogP contribution in [0.2, 0.25) is 0 Å². The molecule has 1 N–H and O–H groups in total. The second-order valence-electron chi connectivity index (χ2n) is 6.07. The fourth-order valence-corrected chi connectivity index (χ4v) is 3.67. The van der Waals surface area contributed by atoms with Crippen molar-refractivity contribution in [1.82, 2.24) is 20.0 Å². The lowest BCUT2D eigenvalue weighted by molar-refractivity contribution is -0.0157. The Balaban J connectivity index is 1.54. The predicted molar refractivity (Wildman–Crippen MR) is 94.2 cm³/mol. The molecule has 0 spiro atoms. The van der Waals surface area contributed by atoms with E-state index in [4.69, 9.17) is 4.74 Å². The second-order valence-corrected chi connectivity index (χ2v) is 7.10. The summed E-state index contributed by atoms with van der Waals surface area (Å²) in [6.07, 6.45) is 4.58. The number of urea groups is 1. The SMILES string of the molecule is CCn1cc([C@@H]2CN(C(=O)N[C@@H](C)Cc3cccs3)CCO2)cn1. The van der Waals surface area contributed by atoms with E-state index in [1.807, 2.05) is 41.9 Å². The maximum absolute atomic E-state index is 12.5. The molecule has 3 heterocycles.